The van der Waals surface area contributed by atoms with Crippen molar-refractivity contribution < 1.29 is 9.84 Å². The number of aliphatic hydroxyl groups excluding tert-OH is 1. The normalized spacial score (nSPS) is 23.8. The molecule has 3 nitrogen and oxygen atoms in total. The first-order chi connectivity index (χ1) is 10.2. The van der Waals surface area contributed by atoms with Gasteiger partial charge in [0.15, 0.2) is 0 Å². The van der Waals surface area contributed by atoms with Crippen molar-refractivity contribution >= 4 is 0 Å². The standard InChI is InChI=1S/C18H29NO2/c1-3-15-8-10-17(11-9-15)21-13-16(20)12-19-18-7-5-4-6-14(18)2/h8-11,14,16,18-20H,3-7,12-13H2,1-2H3. The van der Waals surface area contributed by atoms with Gasteiger partial charge in [0, 0.05) is 12.6 Å². The Labute approximate surface area is 128 Å². The number of ether oxygens (including phenoxy) is 1. The van der Waals surface area contributed by atoms with Crippen LogP contribution in [0.15, 0.2) is 24.3 Å². The van der Waals surface area contributed by atoms with E-state index in [0.717, 1.165) is 12.2 Å². The highest BCUT2D eigenvalue weighted by Gasteiger charge is 2.21. The van der Waals surface area contributed by atoms with Crippen LogP contribution in [0.25, 0.3) is 0 Å². The minimum Gasteiger partial charge on any atom is -0.491 e. The number of hydrogen-bond acceptors (Lipinski definition) is 3. The summed E-state index contributed by atoms with van der Waals surface area (Å²) in [5.41, 5.74) is 1.30. The third kappa shape index (κ3) is 5.33. The summed E-state index contributed by atoms with van der Waals surface area (Å²) in [5.74, 6) is 1.55. The van der Waals surface area contributed by atoms with Crippen molar-refractivity contribution in [3.8, 4) is 5.75 Å². The van der Waals surface area contributed by atoms with Crippen LogP contribution < -0.4 is 10.1 Å². The molecule has 0 radical (unpaired) electrons. The van der Waals surface area contributed by atoms with E-state index in [-0.39, 0.29) is 0 Å². The molecular weight excluding hydrogens is 262 g/mol. The molecule has 0 amide bonds. The van der Waals surface area contributed by atoms with Crippen LogP contribution in [-0.2, 0) is 6.42 Å². The van der Waals surface area contributed by atoms with Crippen molar-refractivity contribution in [1.82, 2.24) is 5.32 Å². The number of nitrogens with one attached hydrogen (secondary N) is 1. The Morgan fingerprint density at radius 1 is 1.24 bits per heavy atom. The summed E-state index contributed by atoms with van der Waals surface area (Å²) in [6.45, 7) is 5.40. The third-order valence-corrected chi connectivity index (χ3v) is 4.50. The Bertz CT molecular complexity index is 404. The maximum absolute atomic E-state index is 10.0. The summed E-state index contributed by atoms with van der Waals surface area (Å²) in [7, 11) is 0. The summed E-state index contributed by atoms with van der Waals surface area (Å²) in [6.07, 6.45) is 5.76. The fraction of sp³-hybridized carbons (Fsp3) is 0.667. The van der Waals surface area contributed by atoms with Gasteiger partial charge in [0.2, 0.25) is 0 Å². The van der Waals surface area contributed by atoms with Crippen LogP contribution in [0.3, 0.4) is 0 Å². The van der Waals surface area contributed by atoms with E-state index in [2.05, 4.69) is 31.3 Å². The van der Waals surface area contributed by atoms with Crippen molar-refractivity contribution in [3.63, 3.8) is 0 Å². The van der Waals surface area contributed by atoms with Crippen LogP contribution in [0.1, 0.15) is 45.1 Å². The van der Waals surface area contributed by atoms with Crippen molar-refractivity contribution in [2.45, 2.75) is 58.1 Å². The second-order valence-corrected chi connectivity index (χ2v) is 6.24. The van der Waals surface area contributed by atoms with Gasteiger partial charge in [-0.15, -0.1) is 0 Å². The second kappa shape index (κ2) is 8.40. The highest BCUT2D eigenvalue weighted by Crippen LogP contribution is 2.23. The molecule has 21 heavy (non-hydrogen) atoms. The molecule has 1 fully saturated rings. The molecule has 0 heterocycles. The Morgan fingerprint density at radius 3 is 2.62 bits per heavy atom. The zero-order valence-corrected chi connectivity index (χ0v) is 13.3. The van der Waals surface area contributed by atoms with Gasteiger partial charge in [-0.2, -0.15) is 0 Å². The maximum atomic E-state index is 10.0. The van der Waals surface area contributed by atoms with E-state index in [1.54, 1.807) is 0 Å². The molecule has 0 bridgehead atoms. The van der Waals surface area contributed by atoms with E-state index in [0.29, 0.717) is 25.1 Å². The number of hydrogen-bond donors (Lipinski definition) is 2. The smallest absolute Gasteiger partial charge is 0.119 e. The molecule has 0 aliphatic heterocycles. The molecule has 1 aliphatic rings. The van der Waals surface area contributed by atoms with Gasteiger partial charge in [0.25, 0.3) is 0 Å². The van der Waals surface area contributed by atoms with Crippen LogP contribution >= 0.6 is 0 Å². The topological polar surface area (TPSA) is 41.5 Å². The highest BCUT2D eigenvalue weighted by atomic mass is 16.5. The average molecular weight is 291 g/mol. The van der Waals surface area contributed by atoms with Crippen molar-refractivity contribution in [1.29, 1.82) is 0 Å². The molecule has 2 rings (SSSR count). The summed E-state index contributed by atoms with van der Waals surface area (Å²) in [4.78, 5) is 0. The molecule has 3 heteroatoms. The first kappa shape index (κ1) is 16.3. The molecule has 0 aromatic heterocycles. The van der Waals surface area contributed by atoms with Gasteiger partial charge in [-0.3, -0.25) is 0 Å². The molecule has 3 atom stereocenters. The fourth-order valence-corrected chi connectivity index (χ4v) is 2.98. The molecule has 2 N–H and O–H groups in total. The van der Waals surface area contributed by atoms with Crippen molar-refractivity contribution in [3.05, 3.63) is 29.8 Å². The van der Waals surface area contributed by atoms with Gasteiger partial charge in [0.1, 0.15) is 18.5 Å². The molecule has 1 saturated carbocycles. The quantitative estimate of drug-likeness (QED) is 0.811. The SMILES string of the molecule is CCc1ccc(OCC(O)CNC2CCCCC2C)cc1. The lowest BCUT2D eigenvalue weighted by Crippen LogP contribution is -2.42. The van der Waals surface area contributed by atoms with E-state index in [1.165, 1.54) is 31.2 Å². The maximum Gasteiger partial charge on any atom is 0.119 e. The first-order valence-electron chi connectivity index (χ1n) is 8.32. The van der Waals surface area contributed by atoms with Gasteiger partial charge in [0.05, 0.1) is 0 Å². The predicted molar refractivity (Wildman–Crippen MR) is 86.7 cm³/mol. The summed E-state index contributed by atoms with van der Waals surface area (Å²) in [5, 5.41) is 13.5. The second-order valence-electron chi connectivity index (χ2n) is 6.24. The Kier molecular flexibility index (Phi) is 6.52. The number of aryl methyl sites for hydroxylation is 1. The van der Waals surface area contributed by atoms with E-state index in [9.17, 15) is 5.11 Å². The predicted octanol–water partition coefficient (Wildman–Crippen LogP) is 3.16. The molecule has 3 unspecified atom stereocenters. The number of benzene rings is 1. The lowest BCUT2D eigenvalue weighted by Gasteiger charge is -2.30. The molecule has 0 spiro atoms. The van der Waals surface area contributed by atoms with E-state index in [1.807, 2.05) is 12.1 Å². The molecule has 118 valence electrons. The lowest BCUT2D eigenvalue weighted by molar-refractivity contribution is 0.0985. The first-order valence-corrected chi connectivity index (χ1v) is 8.32. The largest absolute Gasteiger partial charge is 0.491 e. The van der Waals surface area contributed by atoms with Crippen LogP contribution in [0.5, 0.6) is 5.75 Å². The molecule has 1 aromatic rings. The molecule has 1 aliphatic carbocycles. The van der Waals surface area contributed by atoms with E-state index in [4.69, 9.17) is 4.74 Å². The van der Waals surface area contributed by atoms with E-state index < -0.39 is 6.10 Å². The van der Waals surface area contributed by atoms with Gasteiger partial charge >= 0.3 is 0 Å². The lowest BCUT2D eigenvalue weighted by atomic mass is 9.86. The van der Waals surface area contributed by atoms with Gasteiger partial charge in [-0.1, -0.05) is 38.8 Å². The molecule has 1 aromatic carbocycles. The summed E-state index contributed by atoms with van der Waals surface area (Å²) in [6, 6.07) is 8.65. The zero-order valence-electron chi connectivity index (χ0n) is 13.3. The van der Waals surface area contributed by atoms with Crippen LogP contribution in [-0.4, -0.2) is 30.4 Å². The molecular formula is C18H29NO2. The Morgan fingerprint density at radius 2 is 1.95 bits per heavy atom. The monoisotopic (exact) mass is 291 g/mol. The van der Waals surface area contributed by atoms with Crippen LogP contribution in [0.4, 0.5) is 0 Å². The number of rotatable bonds is 7. The van der Waals surface area contributed by atoms with Gasteiger partial charge in [-0.05, 0) is 42.9 Å². The third-order valence-electron chi connectivity index (χ3n) is 4.50. The summed E-state index contributed by atoms with van der Waals surface area (Å²) >= 11 is 0. The fourth-order valence-electron chi connectivity index (χ4n) is 2.98. The number of aliphatic hydroxyl groups is 1. The van der Waals surface area contributed by atoms with E-state index >= 15 is 0 Å². The zero-order chi connectivity index (χ0) is 15.1. The Hall–Kier alpha value is -1.06. The van der Waals surface area contributed by atoms with Gasteiger partial charge < -0.3 is 15.2 Å². The molecule has 0 saturated heterocycles. The average Bonchev–Trinajstić information content (AvgIpc) is 2.52. The minimum absolute atomic E-state index is 0.347. The Balaban J connectivity index is 1.67. The highest BCUT2D eigenvalue weighted by molar-refractivity contribution is 5.27. The minimum atomic E-state index is -0.454. The van der Waals surface area contributed by atoms with Crippen molar-refractivity contribution in [2.75, 3.05) is 13.2 Å². The van der Waals surface area contributed by atoms with Gasteiger partial charge in [-0.25, -0.2) is 0 Å². The summed E-state index contributed by atoms with van der Waals surface area (Å²) < 4.78 is 5.64. The van der Waals surface area contributed by atoms with Crippen LogP contribution in [0, 0.1) is 5.92 Å². The van der Waals surface area contributed by atoms with Crippen molar-refractivity contribution in [2.24, 2.45) is 5.92 Å². The van der Waals surface area contributed by atoms with Crippen LogP contribution in [0.2, 0.25) is 0 Å².